The Morgan fingerprint density at radius 3 is 2.50 bits per heavy atom. The van der Waals surface area contributed by atoms with Gasteiger partial charge in [0.2, 0.25) is 5.91 Å². The van der Waals surface area contributed by atoms with E-state index >= 15 is 0 Å². The Hall–Kier alpha value is -2.08. The maximum absolute atomic E-state index is 14.0. The molecule has 10 nitrogen and oxygen atoms in total. The minimum Gasteiger partial charge on any atom is -0.454 e. The molecular formula is C32H44N2O8. The molecule has 1 amide bonds. The SMILES string of the molecule is CCN1C[C@]2(OC(=O)c3ccccc3NC(C)=O)CCC(OC)C34[C@H]1C(C[C@@H]32)[C@@]1(O)CC(OC)[C@H]2C[C@@H]4C1(O)[C@H]2OC. The lowest BCUT2D eigenvalue weighted by molar-refractivity contribution is -0.337. The van der Waals surface area contributed by atoms with Gasteiger partial charge in [0.1, 0.15) is 16.8 Å². The topological polar surface area (TPSA) is 127 Å². The first-order chi connectivity index (χ1) is 20.1. The molecule has 1 aliphatic heterocycles. The molecule has 7 rings (SSSR count). The number of anilines is 1. The van der Waals surface area contributed by atoms with Crippen molar-refractivity contribution in [3.05, 3.63) is 29.8 Å². The lowest BCUT2D eigenvalue weighted by Gasteiger charge is -2.70. The molecule has 3 N–H and O–H groups in total. The summed E-state index contributed by atoms with van der Waals surface area (Å²) in [6, 6.07) is 6.89. The molecule has 1 spiro atoms. The number of piperidine rings is 1. The van der Waals surface area contributed by atoms with E-state index < -0.39 is 34.3 Å². The molecule has 12 atom stereocenters. The van der Waals surface area contributed by atoms with Gasteiger partial charge < -0.3 is 34.5 Å². The number of carbonyl (C=O) groups is 2. The van der Waals surface area contributed by atoms with Crippen molar-refractivity contribution in [2.75, 3.05) is 39.7 Å². The van der Waals surface area contributed by atoms with Crippen LogP contribution in [0.5, 0.6) is 0 Å². The van der Waals surface area contributed by atoms with Gasteiger partial charge in [-0.05, 0) is 44.4 Å². The van der Waals surface area contributed by atoms with E-state index in [9.17, 15) is 19.8 Å². The van der Waals surface area contributed by atoms with Gasteiger partial charge in [0, 0.05) is 76.3 Å². The largest absolute Gasteiger partial charge is 0.454 e. The molecule has 0 radical (unpaired) electrons. The van der Waals surface area contributed by atoms with Crippen molar-refractivity contribution in [3.8, 4) is 0 Å². The summed E-state index contributed by atoms with van der Waals surface area (Å²) >= 11 is 0. The van der Waals surface area contributed by atoms with Crippen molar-refractivity contribution < 1.29 is 38.7 Å². The van der Waals surface area contributed by atoms with Crippen LogP contribution >= 0.6 is 0 Å². The van der Waals surface area contributed by atoms with Crippen LogP contribution in [-0.4, -0.2) is 103 Å². The van der Waals surface area contributed by atoms with Crippen molar-refractivity contribution in [2.45, 2.75) is 87.1 Å². The van der Waals surface area contributed by atoms with Gasteiger partial charge in [0.15, 0.2) is 0 Å². The van der Waals surface area contributed by atoms with Crippen LogP contribution in [0.1, 0.15) is 56.3 Å². The summed E-state index contributed by atoms with van der Waals surface area (Å²) in [5.41, 5.74) is -3.57. The van der Waals surface area contributed by atoms with E-state index in [2.05, 4.69) is 17.1 Å². The molecule has 42 heavy (non-hydrogen) atoms. The smallest absolute Gasteiger partial charge is 0.340 e. The second kappa shape index (κ2) is 9.46. The molecule has 1 saturated heterocycles. The number of rotatable bonds is 7. The number of hydrogen-bond acceptors (Lipinski definition) is 9. The van der Waals surface area contributed by atoms with Crippen molar-refractivity contribution in [1.82, 2.24) is 4.90 Å². The van der Waals surface area contributed by atoms with Gasteiger partial charge in [0.25, 0.3) is 0 Å². The number of fused-ring (bicyclic) bond motifs is 2. The van der Waals surface area contributed by atoms with E-state index in [-0.39, 0.29) is 47.8 Å². The molecule has 6 fully saturated rings. The lowest BCUT2D eigenvalue weighted by atomic mass is 9.44. The first-order valence-corrected chi connectivity index (χ1v) is 15.4. The number of amides is 1. The number of esters is 1. The van der Waals surface area contributed by atoms with Crippen LogP contribution in [0.3, 0.4) is 0 Å². The molecule has 5 aliphatic carbocycles. The number of para-hydroxylation sites is 1. The zero-order valence-corrected chi connectivity index (χ0v) is 25.2. The number of hydrogen-bond donors (Lipinski definition) is 3. The number of carbonyl (C=O) groups excluding carboxylic acids is 2. The average Bonchev–Trinajstić information content (AvgIpc) is 3.39. The van der Waals surface area contributed by atoms with Crippen LogP contribution in [0.15, 0.2) is 24.3 Å². The molecule has 230 valence electrons. The highest BCUT2D eigenvalue weighted by atomic mass is 16.6. The standard InChI is InChI=1S/C32H44N2O8/c1-6-34-16-29(42-28(36)18-9-7-8-10-21(18)33-17(2)35)12-11-25(40-4)31-23(29)14-20(26(31)34)30(37)15-22(39-3)19-13-24(31)32(30,38)27(19)41-5/h7-10,19-20,22-27,37-38H,6,11-16H2,1-5H3,(H,33,35)/t19-,20?,22?,23-,24+,25?,26-,27+,29-,30+,31?,32?/m1/s1. The molecule has 1 aromatic carbocycles. The van der Waals surface area contributed by atoms with Gasteiger partial charge in [-0.3, -0.25) is 9.69 Å². The Morgan fingerprint density at radius 1 is 1.07 bits per heavy atom. The first-order valence-electron chi connectivity index (χ1n) is 15.4. The average molecular weight is 585 g/mol. The summed E-state index contributed by atoms with van der Waals surface area (Å²) in [7, 11) is 5.05. The molecule has 10 heteroatoms. The molecule has 1 heterocycles. The van der Waals surface area contributed by atoms with Crippen LogP contribution in [-0.2, 0) is 23.7 Å². The summed E-state index contributed by atoms with van der Waals surface area (Å²) in [6.45, 7) is 4.79. The van der Waals surface area contributed by atoms with E-state index in [0.29, 0.717) is 56.4 Å². The Morgan fingerprint density at radius 2 is 1.83 bits per heavy atom. The summed E-state index contributed by atoms with van der Waals surface area (Å²) in [5, 5.41) is 28.4. The fourth-order valence-electron chi connectivity index (χ4n) is 11.6. The van der Waals surface area contributed by atoms with Crippen LogP contribution < -0.4 is 5.32 Å². The number of likely N-dealkylation sites (N-methyl/N-ethyl adjacent to an activating group) is 1. The summed E-state index contributed by atoms with van der Waals surface area (Å²) in [5.74, 6) is -1.54. The van der Waals surface area contributed by atoms with E-state index in [1.54, 1.807) is 45.6 Å². The zero-order valence-electron chi connectivity index (χ0n) is 25.2. The molecule has 6 aliphatic rings. The predicted molar refractivity (Wildman–Crippen MR) is 152 cm³/mol. The lowest BCUT2D eigenvalue weighted by Crippen LogP contribution is -2.83. The Labute approximate surface area is 247 Å². The molecule has 5 saturated carbocycles. The highest BCUT2D eigenvalue weighted by Crippen LogP contribution is 2.79. The van der Waals surface area contributed by atoms with Gasteiger partial charge >= 0.3 is 5.97 Å². The Bertz CT molecular complexity index is 1290. The van der Waals surface area contributed by atoms with Gasteiger partial charge in [-0.2, -0.15) is 0 Å². The minimum absolute atomic E-state index is 0.0432. The van der Waals surface area contributed by atoms with E-state index in [1.807, 2.05) is 0 Å². The summed E-state index contributed by atoms with van der Waals surface area (Å²) in [4.78, 5) is 28.3. The quantitative estimate of drug-likeness (QED) is 0.414. The second-order valence-electron chi connectivity index (χ2n) is 13.7. The summed E-state index contributed by atoms with van der Waals surface area (Å²) in [6.07, 6.45) is 1.91. The van der Waals surface area contributed by atoms with Crippen molar-refractivity contribution in [2.24, 2.45) is 29.1 Å². The third-order valence-corrected chi connectivity index (χ3v) is 12.6. The fourth-order valence-corrected chi connectivity index (χ4v) is 11.6. The fraction of sp³-hybridized carbons (Fsp3) is 0.750. The maximum Gasteiger partial charge on any atom is 0.340 e. The number of nitrogens with one attached hydrogen (secondary N) is 1. The zero-order chi connectivity index (χ0) is 29.8. The summed E-state index contributed by atoms with van der Waals surface area (Å²) < 4.78 is 25.1. The van der Waals surface area contributed by atoms with Gasteiger partial charge in [-0.1, -0.05) is 19.1 Å². The highest BCUT2D eigenvalue weighted by Gasteiger charge is 2.89. The van der Waals surface area contributed by atoms with Crippen molar-refractivity contribution in [1.29, 1.82) is 0 Å². The minimum atomic E-state index is -1.48. The number of ether oxygens (including phenoxy) is 4. The van der Waals surface area contributed by atoms with E-state index in [0.717, 1.165) is 0 Å². The van der Waals surface area contributed by atoms with E-state index in [4.69, 9.17) is 18.9 Å². The van der Waals surface area contributed by atoms with Crippen LogP contribution in [0.2, 0.25) is 0 Å². The molecule has 0 aromatic heterocycles. The highest BCUT2D eigenvalue weighted by molar-refractivity contribution is 6.00. The normalized spacial score (nSPS) is 48.2. The van der Waals surface area contributed by atoms with Crippen molar-refractivity contribution in [3.63, 3.8) is 0 Å². The number of aliphatic hydroxyl groups is 2. The molecule has 7 bridgehead atoms. The van der Waals surface area contributed by atoms with Crippen molar-refractivity contribution >= 4 is 17.6 Å². The third kappa shape index (κ3) is 3.21. The van der Waals surface area contributed by atoms with Crippen LogP contribution in [0, 0.1) is 29.1 Å². The second-order valence-corrected chi connectivity index (χ2v) is 13.7. The number of benzene rings is 1. The third-order valence-electron chi connectivity index (χ3n) is 12.6. The van der Waals surface area contributed by atoms with Gasteiger partial charge in [-0.15, -0.1) is 0 Å². The number of likely N-dealkylation sites (tertiary alicyclic amines) is 1. The van der Waals surface area contributed by atoms with Gasteiger partial charge in [-0.25, -0.2) is 4.79 Å². The Kier molecular flexibility index (Phi) is 6.46. The van der Waals surface area contributed by atoms with Crippen LogP contribution in [0.25, 0.3) is 0 Å². The Balaban J connectivity index is 1.38. The maximum atomic E-state index is 14.0. The molecule has 1 aromatic rings. The van der Waals surface area contributed by atoms with E-state index in [1.165, 1.54) is 6.92 Å². The number of methoxy groups -OCH3 is 3. The molecular weight excluding hydrogens is 540 g/mol. The van der Waals surface area contributed by atoms with Gasteiger partial charge in [0.05, 0.1) is 29.6 Å². The predicted octanol–water partition coefficient (Wildman–Crippen LogP) is 2.22. The first kappa shape index (κ1) is 28.7. The molecule has 5 unspecified atom stereocenters. The number of nitrogens with zero attached hydrogens (tertiary/aromatic N) is 1. The monoisotopic (exact) mass is 584 g/mol. The van der Waals surface area contributed by atoms with Crippen LogP contribution in [0.4, 0.5) is 5.69 Å².